The molecule has 36 heavy (non-hydrogen) atoms. The van der Waals surface area contributed by atoms with Crippen LogP contribution in [-0.4, -0.2) is 41.9 Å². The zero-order valence-corrected chi connectivity index (χ0v) is 25.0. The molecule has 0 bridgehead atoms. The molecule has 0 aromatic carbocycles. The van der Waals surface area contributed by atoms with Gasteiger partial charge in [0.15, 0.2) is 0 Å². The van der Waals surface area contributed by atoms with E-state index in [9.17, 15) is 4.79 Å². The molecular weight excluding hydrogens is 464 g/mol. The summed E-state index contributed by atoms with van der Waals surface area (Å²) >= 11 is 6.40. The molecule has 3 aliphatic carbocycles. The molecule has 4 atom stereocenters. The first kappa shape index (κ1) is 28.7. The SMILES string of the molecule is CC1CCC(C2CCCC(CN[C@@H](C(=O)N3CC[C@H](C4CCC(Cl)CC4)C(C)(C)C3)C(C)C)C2)CC1. The number of nitrogens with zero attached hydrogens (tertiary/aromatic N) is 1. The van der Waals surface area contributed by atoms with Gasteiger partial charge < -0.3 is 10.2 Å². The van der Waals surface area contributed by atoms with Gasteiger partial charge in [-0.25, -0.2) is 0 Å². The van der Waals surface area contributed by atoms with Gasteiger partial charge in [-0.05, 0) is 111 Å². The van der Waals surface area contributed by atoms with E-state index < -0.39 is 0 Å². The van der Waals surface area contributed by atoms with Crippen LogP contribution in [0.15, 0.2) is 0 Å². The molecule has 0 spiro atoms. The van der Waals surface area contributed by atoms with E-state index in [0.717, 1.165) is 61.6 Å². The maximum atomic E-state index is 13.8. The fraction of sp³-hybridized carbons (Fsp3) is 0.969. The highest BCUT2D eigenvalue weighted by Gasteiger charge is 2.43. The highest BCUT2D eigenvalue weighted by molar-refractivity contribution is 6.20. The molecule has 0 aromatic heterocycles. The molecule has 1 aliphatic heterocycles. The molecule has 4 heteroatoms. The predicted molar refractivity (Wildman–Crippen MR) is 153 cm³/mol. The summed E-state index contributed by atoms with van der Waals surface area (Å²) in [5.41, 5.74) is 0.188. The van der Waals surface area contributed by atoms with E-state index in [1.807, 2.05) is 0 Å². The van der Waals surface area contributed by atoms with Gasteiger partial charge >= 0.3 is 0 Å². The zero-order chi connectivity index (χ0) is 25.9. The van der Waals surface area contributed by atoms with Crippen molar-refractivity contribution in [2.24, 2.45) is 46.8 Å². The van der Waals surface area contributed by atoms with Gasteiger partial charge in [-0.2, -0.15) is 0 Å². The first-order chi connectivity index (χ1) is 17.1. The summed E-state index contributed by atoms with van der Waals surface area (Å²) in [6.07, 6.45) is 17.4. The Kier molecular flexibility index (Phi) is 10.1. The van der Waals surface area contributed by atoms with Gasteiger partial charge in [-0.3, -0.25) is 4.79 Å². The Morgan fingerprint density at radius 3 is 2.22 bits per heavy atom. The maximum absolute atomic E-state index is 13.8. The second kappa shape index (κ2) is 12.7. The number of likely N-dealkylation sites (tertiary alicyclic amines) is 1. The van der Waals surface area contributed by atoms with E-state index in [1.165, 1.54) is 77.0 Å². The average molecular weight is 521 g/mol. The molecule has 1 N–H and O–H groups in total. The molecule has 3 saturated carbocycles. The minimum atomic E-state index is -0.0417. The summed E-state index contributed by atoms with van der Waals surface area (Å²) in [6.45, 7) is 14.6. The third kappa shape index (κ3) is 7.22. The molecule has 1 saturated heterocycles. The summed E-state index contributed by atoms with van der Waals surface area (Å²) in [7, 11) is 0. The second-order valence-corrected chi connectivity index (χ2v) is 15.2. The van der Waals surface area contributed by atoms with Crippen molar-refractivity contribution in [2.45, 2.75) is 130 Å². The van der Waals surface area contributed by atoms with E-state index in [1.54, 1.807) is 0 Å². The number of alkyl halides is 1. The van der Waals surface area contributed by atoms with Gasteiger partial charge in [0.1, 0.15) is 0 Å². The molecule has 2 unspecified atom stereocenters. The number of hydrogen-bond donors (Lipinski definition) is 1. The zero-order valence-electron chi connectivity index (χ0n) is 24.2. The molecule has 1 amide bonds. The van der Waals surface area contributed by atoms with Gasteiger partial charge in [0.05, 0.1) is 6.04 Å². The quantitative estimate of drug-likeness (QED) is 0.346. The number of carbonyl (C=O) groups excluding carboxylic acids is 1. The van der Waals surface area contributed by atoms with E-state index in [4.69, 9.17) is 11.6 Å². The first-order valence-electron chi connectivity index (χ1n) is 15.8. The lowest BCUT2D eigenvalue weighted by molar-refractivity contribution is -0.140. The van der Waals surface area contributed by atoms with Crippen molar-refractivity contribution >= 4 is 17.5 Å². The molecule has 4 rings (SSSR count). The molecule has 3 nitrogen and oxygen atoms in total. The van der Waals surface area contributed by atoms with Gasteiger partial charge in [0.2, 0.25) is 5.91 Å². The Hall–Kier alpha value is -0.280. The van der Waals surface area contributed by atoms with Crippen molar-refractivity contribution in [1.82, 2.24) is 10.2 Å². The van der Waals surface area contributed by atoms with Gasteiger partial charge in [-0.1, -0.05) is 60.3 Å². The number of rotatable bonds is 7. The smallest absolute Gasteiger partial charge is 0.239 e. The van der Waals surface area contributed by atoms with E-state index in [-0.39, 0.29) is 11.5 Å². The average Bonchev–Trinajstić information content (AvgIpc) is 2.84. The summed E-state index contributed by atoms with van der Waals surface area (Å²) < 4.78 is 0. The number of amides is 1. The molecule has 208 valence electrons. The van der Waals surface area contributed by atoms with Gasteiger partial charge in [0.25, 0.3) is 0 Å². The predicted octanol–water partition coefficient (Wildman–Crippen LogP) is 7.91. The van der Waals surface area contributed by atoms with Crippen molar-refractivity contribution in [3.63, 3.8) is 0 Å². The Bertz CT molecular complexity index is 692. The van der Waals surface area contributed by atoms with Crippen LogP contribution >= 0.6 is 11.6 Å². The molecular formula is C32H57ClN2O. The second-order valence-electron chi connectivity index (χ2n) is 14.6. The summed E-state index contributed by atoms with van der Waals surface area (Å²) in [6, 6.07) is -0.0417. The number of nitrogens with one attached hydrogen (secondary N) is 1. The third-order valence-corrected chi connectivity index (χ3v) is 11.4. The molecule has 0 aromatic rings. The third-order valence-electron chi connectivity index (χ3n) is 11.0. The Morgan fingerprint density at radius 1 is 0.917 bits per heavy atom. The number of carbonyl (C=O) groups is 1. The molecule has 1 heterocycles. The first-order valence-corrected chi connectivity index (χ1v) is 16.2. The Labute approximate surface area is 228 Å². The molecule has 4 fully saturated rings. The van der Waals surface area contributed by atoms with Crippen molar-refractivity contribution in [3.8, 4) is 0 Å². The van der Waals surface area contributed by atoms with Crippen LogP contribution in [0.4, 0.5) is 0 Å². The van der Waals surface area contributed by atoms with Crippen molar-refractivity contribution in [2.75, 3.05) is 19.6 Å². The van der Waals surface area contributed by atoms with Gasteiger partial charge in [-0.15, -0.1) is 11.6 Å². The minimum absolute atomic E-state index is 0.0417. The van der Waals surface area contributed by atoms with Crippen molar-refractivity contribution < 1.29 is 4.79 Å². The van der Waals surface area contributed by atoms with Crippen LogP contribution in [0.1, 0.15) is 118 Å². The summed E-state index contributed by atoms with van der Waals surface area (Å²) in [4.78, 5) is 16.0. The van der Waals surface area contributed by atoms with Crippen LogP contribution < -0.4 is 5.32 Å². The lowest BCUT2D eigenvalue weighted by atomic mass is 9.64. The van der Waals surface area contributed by atoms with Crippen LogP contribution in [0.3, 0.4) is 0 Å². The summed E-state index contributed by atoms with van der Waals surface area (Å²) in [5, 5.41) is 4.20. The fourth-order valence-electron chi connectivity index (χ4n) is 8.72. The number of piperidine rings is 1. The molecule has 0 radical (unpaired) electrons. The van der Waals surface area contributed by atoms with Crippen LogP contribution in [0.2, 0.25) is 0 Å². The number of hydrogen-bond acceptors (Lipinski definition) is 2. The van der Waals surface area contributed by atoms with Crippen LogP contribution in [0.25, 0.3) is 0 Å². The monoisotopic (exact) mass is 520 g/mol. The van der Waals surface area contributed by atoms with Crippen LogP contribution in [0, 0.1) is 46.8 Å². The van der Waals surface area contributed by atoms with Crippen LogP contribution in [0.5, 0.6) is 0 Å². The van der Waals surface area contributed by atoms with Crippen molar-refractivity contribution in [1.29, 1.82) is 0 Å². The topological polar surface area (TPSA) is 32.3 Å². The Morgan fingerprint density at radius 2 is 1.58 bits per heavy atom. The lowest BCUT2D eigenvalue weighted by Gasteiger charge is -2.49. The maximum Gasteiger partial charge on any atom is 0.239 e. The van der Waals surface area contributed by atoms with Gasteiger partial charge in [0, 0.05) is 18.5 Å². The minimum Gasteiger partial charge on any atom is -0.341 e. The highest BCUT2D eigenvalue weighted by atomic mass is 35.5. The standard InChI is InChI=1S/C32H57ClN2O/c1-22(2)30(34-20-24-7-6-8-27(19-24)25-11-9-23(3)10-12-25)31(36)35-18-17-29(32(4,5)21-35)26-13-15-28(33)16-14-26/h22-30,34H,6-21H2,1-5H3/t23?,24?,25?,26?,27?,28?,29-,30-/m1/s1. The number of halogens is 1. The Balaban J connectivity index is 1.29. The highest BCUT2D eigenvalue weighted by Crippen LogP contribution is 2.46. The van der Waals surface area contributed by atoms with E-state index in [0.29, 0.717) is 17.2 Å². The lowest BCUT2D eigenvalue weighted by Crippen LogP contribution is -2.56. The van der Waals surface area contributed by atoms with Crippen molar-refractivity contribution in [3.05, 3.63) is 0 Å². The molecule has 4 aliphatic rings. The largest absolute Gasteiger partial charge is 0.341 e. The van der Waals surface area contributed by atoms with E-state index >= 15 is 0 Å². The normalized spacial score (nSPS) is 38.6. The van der Waals surface area contributed by atoms with E-state index in [2.05, 4.69) is 44.8 Å². The summed E-state index contributed by atoms with van der Waals surface area (Å²) in [5.74, 6) is 5.78. The fourth-order valence-corrected chi connectivity index (χ4v) is 8.97. The van der Waals surface area contributed by atoms with Crippen LogP contribution in [-0.2, 0) is 4.79 Å².